The molecule has 2 rings (SSSR count). The Kier molecular flexibility index (Phi) is 1.74. The van der Waals surface area contributed by atoms with Gasteiger partial charge in [0.05, 0.1) is 0 Å². The smallest absolute Gasteiger partial charge is 0.0341 e. The molecule has 70 valence electrons. The minimum atomic E-state index is 0.405. The second-order valence-corrected chi connectivity index (χ2v) is 5.29. The molecule has 0 aromatic carbocycles. The monoisotopic (exact) mass is 168 g/mol. The van der Waals surface area contributed by atoms with Crippen LogP contribution in [0.2, 0.25) is 0 Å². The Hall–Kier alpha value is -0.0800. The van der Waals surface area contributed by atoms with Crippen LogP contribution >= 0.6 is 0 Å². The normalized spacial score (nSPS) is 32.2. The van der Waals surface area contributed by atoms with E-state index in [1.165, 1.54) is 32.4 Å². The minimum Gasteiger partial charge on any atom is -0.329 e. The number of nitrogens with two attached hydrogens (primary N) is 1. The van der Waals surface area contributed by atoms with E-state index < -0.39 is 0 Å². The van der Waals surface area contributed by atoms with Crippen molar-refractivity contribution < 1.29 is 0 Å². The molecule has 2 aliphatic rings. The van der Waals surface area contributed by atoms with Gasteiger partial charge in [0.2, 0.25) is 0 Å². The van der Waals surface area contributed by atoms with Crippen molar-refractivity contribution in [2.45, 2.75) is 38.6 Å². The average Bonchev–Trinajstić information content (AvgIpc) is 1.78. The van der Waals surface area contributed by atoms with E-state index in [2.05, 4.69) is 18.7 Å². The molecule has 0 radical (unpaired) electrons. The summed E-state index contributed by atoms with van der Waals surface area (Å²) >= 11 is 0. The van der Waals surface area contributed by atoms with Gasteiger partial charge in [-0.1, -0.05) is 13.8 Å². The van der Waals surface area contributed by atoms with Crippen molar-refractivity contribution in [3.8, 4) is 0 Å². The largest absolute Gasteiger partial charge is 0.329 e. The second-order valence-electron chi connectivity index (χ2n) is 5.29. The quantitative estimate of drug-likeness (QED) is 0.671. The van der Waals surface area contributed by atoms with Crippen LogP contribution in [-0.2, 0) is 0 Å². The van der Waals surface area contributed by atoms with Crippen LogP contribution in [0.15, 0.2) is 0 Å². The molecule has 1 saturated heterocycles. The number of likely N-dealkylation sites (tertiary alicyclic amines) is 1. The van der Waals surface area contributed by atoms with E-state index in [0.717, 1.165) is 6.54 Å². The summed E-state index contributed by atoms with van der Waals surface area (Å²) in [5.41, 5.74) is 6.81. The standard InChI is InChI=1S/C10H20N2/c1-9(2)6-10(7-9,8-11)12-4-3-5-12/h3-8,11H2,1-2H3. The highest BCUT2D eigenvalue weighted by molar-refractivity contribution is 5.09. The van der Waals surface area contributed by atoms with Crippen LogP contribution in [0, 0.1) is 5.41 Å². The molecule has 1 heterocycles. The summed E-state index contributed by atoms with van der Waals surface area (Å²) in [7, 11) is 0. The fraction of sp³-hybridized carbons (Fsp3) is 1.00. The number of rotatable bonds is 2. The number of hydrogen-bond donors (Lipinski definition) is 1. The van der Waals surface area contributed by atoms with Gasteiger partial charge in [-0.3, -0.25) is 4.90 Å². The van der Waals surface area contributed by atoms with Crippen LogP contribution in [0.3, 0.4) is 0 Å². The highest BCUT2D eigenvalue weighted by atomic mass is 15.3. The molecule has 0 atom stereocenters. The first kappa shape index (κ1) is 8.52. The summed E-state index contributed by atoms with van der Waals surface area (Å²) in [5.74, 6) is 0. The fourth-order valence-electron chi connectivity index (χ4n) is 3.02. The first-order valence-electron chi connectivity index (χ1n) is 5.03. The van der Waals surface area contributed by atoms with Crippen molar-refractivity contribution in [3.05, 3.63) is 0 Å². The number of hydrogen-bond acceptors (Lipinski definition) is 2. The second kappa shape index (κ2) is 2.46. The van der Waals surface area contributed by atoms with Crippen molar-refractivity contribution >= 4 is 0 Å². The average molecular weight is 168 g/mol. The lowest BCUT2D eigenvalue weighted by Crippen LogP contribution is -2.67. The summed E-state index contributed by atoms with van der Waals surface area (Å²) in [6.45, 7) is 8.12. The lowest BCUT2D eigenvalue weighted by molar-refractivity contribution is -0.0901. The summed E-state index contributed by atoms with van der Waals surface area (Å²) in [5, 5.41) is 0. The Morgan fingerprint density at radius 2 is 1.83 bits per heavy atom. The van der Waals surface area contributed by atoms with E-state index in [0.29, 0.717) is 11.0 Å². The van der Waals surface area contributed by atoms with Gasteiger partial charge in [-0.25, -0.2) is 0 Å². The van der Waals surface area contributed by atoms with Gasteiger partial charge in [-0.15, -0.1) is 0 Å². The summed E-state index contributed by atoms with van der Waals surface area (Å²) in [6.07, 6.45) is 3.98. The van der Waals surface area contributed by atoms with Crippen molar-refractivity contribution in [3.63, 3.8) is 0 Å². The lowest BCUT2D eigenvalue weighted by Gasteiger charge is -2.61. The van der Waals surface area contributed by atoms with Gasteiger partial charge in [0, 0.05) is 12.1 Å². The van der Waals surface area contributed by atoms with E-state index >= 15 is 0 Å². The summed E-state index contributed by atoms with van der Waals surface area (Å²) in [4.78, 5) is 2.58. The predicted octanol–water partition coefficient (Wildman–Crippen LogP) is 1.21. The molecular weight excluding hydrogens is 148 g/mol. The van der Waals surface area contributed by atoms with Gasteiger partial charge in [-0.05, 0) is 37.8 Å². The third-order valence-electron chi connectivity index (χ3n) is 3.52. The Labute approximate surface area is 75.1 Å². The molecular formula is C10H20N2. The highest BCUT2D eigenvalue weighted by Crippen LogP contribution is 2.51. The Morgan fingerprint density at radius 1 is 1.25 bits per heavy atom. The van der Waals surface area contributed by atoms with Gasteiger partial charge < -0.3 is 5.73 Å². The molecule has 2 N–H and O–H groups in total. The zero-order valence-electron chi connectivity index (χ0n) is 8.27. The van der Waals surface area contributed by atoms with Gasteiger partial charge in [-0.2, -0.15) is 0 Å². The van der Waals surface area contributed by atoms with Gasteiger partial charge in [0.15, 0.2) is 0 Å². The van der Waals surface area contributed by atoms with Crippen molar-refractivity contribution in [1.29, 1.82) is 0 Å². The fourth-order valence-corrected chi connectivity index (χ4v) is 3.02. The molecule has 0 aromatic heterocycles. The predicted molar refractivity (Wildman–Crippen MR) is 51.0 cm³/mol. The third kappa shape index (κ3) is 1.09. The molecule has 12 heavy (non-hydrogen) atoms. The molecule has 2 nitrogen and oxygen atoms in total. The zero-order valence-corrected chi connectivity index (χ0v) is 8.27. The molecule has 2 fully saturated rings. The van der Waals surface area contributed by atoms with E-state index in [4.69, 9.17) is 5.73 Å². The van der Waals surface area contributed by atoms with Crippen LogP contribution in [0.25, 0.3) is 0 Å². The molecule has 2 heteroatoms. The van der Waals surface area contributed by atoms with Gasteiger partial charge >= 0.3 is 0 Å². The molecule has 1 aliphatic heterocycles. The van der Waals surface area contributed by atoms with Gasteiger partial charge in [0.1, 0.15) is 0 Å². The Bertz CT molecular complexity index is 174. The molecule has 0 amide bonds. The van der Waals surface area contributed by atoms with E-state index in [9.17, 15) is 0 Å². The molecule has 1 saturated carbocycles. The first-order chi connectivity index (χ1) is 5.58. The lowest BCUT2D eigenvalue weighted by atomic mass is 9.58. The minimum absolute atomic E-state index is 0.405. The maximum Gasteiger partial charge on any atom is 0.0341 e. The molecule has 1 aliphatic carbocycles. The molecule has 0 unspecified atom stereocenters. The van der Waals surface area contributed by atoms with Crippen LogP contribution < -0.4 is 5.73 Å². The van der Waals surface area contributed by atoms with Crippen LogP contribution in [0.1, 0.15) is 33.1 Å². The van der Waals surface area contributed by atoms with Crippen LogP contribution in [0.5, 0.6) is 0 Å². The maximum absolute atomic E-state index is 5.86. The zero-order chi connectivity index (χ0) is 8.82. The topological polar surface area (TPSA) is 29.3 Å². The van der Waals surface area contributed by atoms with E-state index in [-0.39, 0.29) is 0 Å². The van der Waals surface area contributed by atoms with Crippen LogP contribution in [-0.4, -0.2) is 30.1 Å². The SMILES string of the molecule is CC1(C)CC(CN)(N2CCC2)C1. The molecule has 0 spiro atoms. The van der Waals surface area contributed by atoms with Crippen molar-refractivity contribution in [2.75, 3.05) is 19.6 Å². The molecule has 0 bridgehead atoms. The Morgan fingerprint density at radius 3 is 2.08 bits per heavy atom. The number of nitrogens with zero attached hydrogens (tertiary/aromatic N) is 1. The summed E-state index contributed by atoms with van der Waals surface area (Å²) in [6, 6.07) is 0. The highest BCUT2D eigenvalue weighted by Gasteiger charge is 2.52. The van der Waals surface area contributed by atoms with Crippen LogP contribution in [0.4, 0.5) is 0 Å². The molecule has 0 aromatic rings. The first-order valence-corrected chi connectivity index (χ1v) is 5.03. The van der Waals surface area contributed by atoms with Crippen molar-refractivity contribution in [1.82, 2.24) is 4.90 Å². The third-order valence-corrected chi connectivity index (χ3v) is 3.52. The maximum atomic E-state index is 5.86. The summed E-state index contributed by atoms with van der Waals surface area (Å²) < 4.78 is 0. The van der Waals surface area contributed by atoms with Gasteiger partial charge in [0.25, 0.3) is 0 Å². The van der Waals surface area contributed by atoms with Crippen molar-refractivity contribution in [2.24, 2.45) is 11.1 Å². The Balaban J connectivity index is 1.99. The van der Waals surface area contributed by atoms with E-state index in [1.54, 1.807) is 0 Å². The van der Waals surface area contributed by atoms with E-state index in [1.807, 2.05) is 0 Å².